The summed E-state index contributed by atoms with van der Waals surface area (Å²) >= 11 is 0. The lowest BCUT2D eigenvalue weighted by molar-refractivity contribution is -0.0702. The van der Waals surface area contributed by atoms with Gasteiger partial charge in [-0.25, -0.2) is 0 Å². The minimum Gasteiger partial charge on any atom is -0.396 e. The molecule has 0 saturated carbocycles. The lowest BCUT2D eigenvalue weighted by atomic mass is 10.0. The first-order valence-corrected chi connectivity index (χ1v) is 4.63. The third-order valence-electron chi connectivity index (χ3n) is 1.89. The summed E-state index contributed by atoms with van der Waals surface area (Å²) in [6, 6.07) is 0. The normalized spacial score (nSPS) is 16.2. The Hall–Kier alpha value is -0.160. The summed E-state index contributed by atoms with van der Waals surface area (Å²) < 4.78 is 5.38. The van der Waals surface area contributed by atoms with E-state index in [1.807, 2.05) is 13.8 Å². The Balaban J connectivity index is 4.00. The highest BCUT2D eigenvalue weighted by Gasteiger charge is 2.21. The van der Waals surface area contributed by atoms with E-state index in [2.05, 4.69) is 0 Å². The fourth-order valence-electron chi connectivity index (χ4n) is 1.21. The summed E-state index contributed by atoms with van der Waals surface area (Å²) in [5.41, 5.74) is 0. The minimum atomic E-state index is -0.378. The molecular weight excluding hydrogens is 172 g/mol. The van der Waals surface area contributed by atoms with E-state index < -0.39 is 0 Å². The molecule has 0 radical (unpaired) electrons. The maximum absolute atomic E-state index is 8.99. The molecule has 0 aromatic carbocycles. The predicted octanol–water partition coefficient (Wildman–Crippen LogP) is -0.237. The molecule has 0 fully saturated rings. The van der Waals surface area contributed by atoms with Crippen molar-refractivity contribution in [1.82, 2.24) is 0 Å². The number of hydrogen-bond acceptors (Lipinski definition) is 4. The fraction of sp³-hybridized carbons (Fsp3) is 1.00. The molecule has 4 nitrogen and oxygen atoms in total. The van der Waals surface area contributed by atoms with Gasteiger partial charge in [0.15, 0.2) is 0 Å². The summed E-state index contributed by atoms with van der Waals surface area (Å²) in [6.45, 7) is 3.55. The zero-order valence-corrected chi connectivity index (χ0v) is 8.31. The smallest absolute Gasteiger partial charge is 0.0859 e. The topological polar surface area (TPSA) is 69.9 Å². The number of aliphatic hydroxyl groups is 3. The van der Waals surface area contributed by atoms with E-state index in [4.69, 9.17) is 20.1 Å². The largest absolute Gasteiger partial charge is 0.396 e. The van der Waals surface area contributed by atoms with Gasteiger partial charge < -0.3 is 20.1 Å². The number of hydrogen-bond donors (Lipinski definition) is 3. The number of rotatable bonds is 7. The van der Waals surface area contributed by atoms with Crippen molar-refractivity contribution >= 4 is 0 Å². The molecule has 0 aromatic heterocycles. The quantitative estimate of drug-likeness (QED) is 0.521. The van der Waals surface area contributed by atoms with Gasteiger partial charge in [0.2, 0.25) is 0 Å². The average molecular weight is 192 g/mol. The van der Waals surface area contributed by atoms with Crippen molar-refractivity contribution in [3.8, 4) is 0 Å². The van der Waals surface area contributed by atoms with Crippen LogP contribution in [0.5, 0.6) is 0 Å². The van der Waals surface area contributed by atoms with E-state index >= 15 is 0 Å². The minimum absolute atomic E-state index is 0.00316. The van der Waals surface area contributed by atoms with Gasteiger partial charge in [0, 0.05) is 19.1 Å². The highest BCUT2D eigenvalue weighted by atomic mass is 16.5. The first-order chi connectivity index (χ1) is 6.15. The second kappa shape index (κ2) is 7.26. The second-order valence-corrected chi connectivity index (χ2v) is 3.36. The summed E-state index contributed by atoms with van der Waals surface area (Å²) in [7, 11) is 0. The predicted molar refractivity (Wildman–Crippen MR) is 49.4 cm³/mol. The first-order valence-electron chi connectivity index (χ1n) is 4.63. The fourth-order valence-corrected chi connectivity index (χ4v) is 1.21. The van der Waals surface area contributed by atoms with Crippen molar-refractivity contribution in [3.05, 3.63) is 0 Å². The highest BCUT2D eigenvalue weighted by molar-refractivity contribution is 4.69. The van der Waals surface area contributed by atoms with Gasteiger partial charge in [0.1, 0.15) is 0 Å². The van der Waals surface area contributed by atoms with Gasteiger partial charge in [-0.2, -0.15) is 0 Å². The average Bonchev–Trinajstić information content (AvgIpc) is 2.10. The molecule has 0 heterocycles. The van der Waals surface area contributed by atoms with Crippen LogP contribution in [-0.2, 0) is 4.74 Å². The molecule has 0 spiro atoms. The lowest BCUT2D eigenvalue weighted by Gasteiger charge is -2.25. The van der Waals surface area contributed by atoms with Crippen LogP contribution >= 0.6 is 0 Å². The Kier molecular flexibility index (Phi) is 7.17. The Morgan fingerprint density at radius 1 is 1.08 bits per heavy atom. The standard InChI is InChI=1S/C9H20O4/c1-7(2)13-9(6-12)8(5-11)3-4-10/h7-12H,3-6H2,1-2H3. The van der Waals surface area contributed by atoms with Crippen molar-refractivity contribution in [2.24, 2.45) is 5.92 Å². The molecule has 13 heavy (non-hydrogen) atoms. The van der Waals surface area contributed by atoms with Crippen molar-refractivity contribution in [2.45, 2.75) is 32.5 Å². The van der Waals surface area contributed by atoms with E-state index in [-0.39, 0.29) is 37.9 Å². The van der Waals surface area contributed by atoms with Crippen molar-refractivity contribution in [1.29, 1.82) is 0 Å². The third-order valence-corrected chi connectivity index (χ3v) is 1.89. The van der Waals surface area contributed by atoms with Crippen LogP contribution < -0.4 is 0 Å². The van der Waals surface area contributed by atoms with Gasteiger partial charge in [0.25, 0.3) is 0 Å². The van der Waals surface area contributed by atoms with Crippen molar-refractivity contribution in [2.75, 3.05) is 19.8 Å². The zero-order valence-electron chi connectivity index (χ0n) is 8.31. The van der Waals surface area contributed by atoms with E-state index in [1.165, 1.54) is 0 Å². The molecule has 0 aliphatic rings. The Morgan fingerprint density at radius 2 is 1.69 bits per heavy atom. The molecule has 3 N–H and O–H groups in total. The number of aliphatic hydroxyl groups excluding tert-OH is 3. The second-order valence-electron chi connectivity index (χ2n) is 3.36. The van der Waals surface area contributed by atoms with Crippen LogP contribution in [0.15, 0.2) is 0 Å². The van der Waals surface area contributed by atoms with Gasteiger partial charge in [-0.05, 0) is 20.3 Å². The molecule has 0 aliphatic heterocycles. The van der Waals surface area contributed by atoms with E-state index in [0.717, 1.165) is 0 Å². The molecule has 0 bridgehead atoms. The Bertz CT molecular complexity index is 116. The summed E-state index contributed by atoms with van der Waals surface area (Å²) in [4.78, 5) is 0. The molecule has 2 unspecified atom stereocenters. The van der Waals surface area contributed by atoms with Crippen molar-refractivity contribution in [3.63, 3.8) is 0 Å². The van der Waals surface area contributed by atoms with E-state index in [9.17, 15) is 0 Å². The van der Waals surface area contributed by atoms with Gasteiger partial charge in [-0.1, -0.05) is 0 Å². The van der Waals surface area contributed by atoms with Crippen LogP contribution in [0.25, 0.3) is 0 Å². The Morgan fingerprint density at radius 3 is 2.00 bits per heavy atom. The summed E-state index contributed by atoms with van der Waals surface area (Å²) in [5, 5.41) is 26.7. The molecule has 0 saturated heterocycles. The van der Waals surface area contributed by atoms with Gasteiger partial charge >= 0.3 is 0 Å². The number of ether oxygens (including phenoxy) is 1. The van der Waals surface area contributed by atoms with Gasteiger partial charge in [-0.15, -0.1) is 0 Å². The lowest BCUT2D eigenvalue weighted by Crippen LogP contribution is -2.33. The molecular formula is C9H20O4. The third kappa shape index (κ3) is 5.21. The van der Waals surface area contributed by atoms with Crippen LogP contribution in [0.2, 0.25) is 0 Å². The molecule has 4 heteroatoms. The van der Waals surface area contributed by atoms with Gasteiger partial charge in [-0.3, -0.25) is 0 Å². The zero-order chi connectivity index (χ0) is 10.3. The van der Waals surface area contributed by atoms with Crippen LogP contribution in [0.3, 0.4) is 0 Å². The SMILES string of the molecule is CC(C)OC(CO)C(CO)CCO. The van der Waals surface area contributed by atoms with Crippen LogP contribution in [0.4, 0.5) is 0 Å². The highest BCUT2D eigenvalue weighted by Crippen LogP contribution is 2.13. The van der Waals surface area contributed by atoms with Gasteiger partial charge in [0.05, 0.1) is 18.8 Å². The molecule has 0 amide bonds. The summed E-state index contributed by atoms with van der Waals surface area (Å²) in [5.74, 6) is -0.183. The molecule has 0 aromatic rings. The van der Waals surface area contributed by atoms with Crippen molar-refractivity contribution < 1.29 is 20.1 Å². The van der Waals surface area contributed by atoms with E-state index in [1.54, 1.807) is 0 Å². The molecule has 80 valence electrons. The van der Waals surface area contributed by atoms with E-state index in [0.29, 0.717) is 6.42 Å². The Labute approximate surface area is 79.2 Å². The first kappa shape index (κ1) is 12.8. The molecule has 0 rings (SSSR count). The van der Waals surface area contributed by atoms with Crippen LogP contribution in [-0.4, -0.2) is 47.3 Å². The van der Waals surface area contributed by atoms with Crippen LogP contribution in [0.1, 0.15) is 20.3 Å². The maximum Gasteiger partial charge on any atom is 0.0859 e. The summed E-state index contributed by atoms with van der Waals surface area (Å²) in [6.07, 6.45) is 0.0936. The molecule has 2 atom stereocenters. The van der Waals surface area contributed by atoms with Crippen LogP contribution in [0, 0.1) is 5.92 Å². The molecule has 0 aliphatic carbocycles. The maximum atomic E-state index is 8.99. The monoisotopic (exact) mass is 192 g/mol.